The van der Waals surface area contributed by atoms with E-state index in [1.807, 2.05) is 32.9 Å². The molecule has 1 aromatic rings. The van der Waals surface area contributed by atoms with E-state index in [4.69, 9.17) is 9.47 Å². The highest BCUT2D eigenvalue weighted by atomic mass is 16.6. The van der Waals surface area contributed by atoms with Crippen LogP contribution in [0.2, 0.25) is 0 Å². The van der Waals surface area contributed by atoms with Gasteiger partial charge in [0.05, 0.1) is 12.2 Å². The molecule has 0 atom stereocenters. The Kier molecular flexibility index (Phi) is 4.00. The molecule has 1 spiro atoms. The topological polar surface area (TPSA) is 59.0 Å². The van der Waals surface area contributed by atoms with Gasteiger partial charge in [-0.1, -0.05) is 6.07 Å². The van der Waals surface area contributed by atoms with Gasteiger partial charge in [0, 0.05) is 13.1 Å². The van der Waals surface area contributed by atoms with E-state index in [0.29, 0.717) is 25.4 Å². The average Bonchev–Trinajstić information content (AvgIpc) is 2.46. The number of benzene rings is 1. The molecule has 3 rings (SSSR count). The zero-order chi connectivity index (χ0) is 16.7. The van der Waals surface area contributed by atoms with Crippen LogP contribution < -0.4 is 0 Å². The van der Waals surface area contributed by atoms with Crippen molar-refractivity contribution in [2.75, 3.05) is 19.7 Å². The lowest BCUT2D eigenvalue weighted by Gasteiger charge is -2.45. The second kappa shape index (κ2) is 5.71. The molecular weight excluding hydrogens is 294 g/mol. The van der Waals surface area contributed by atoms with Crippen molar-refractivity contribution in [3.8, 4) is 5.75 Å². The molecule has 1 fully saturated rings. The smallest absolute Gasteiger partial charge is 0.410 e. The van der Waals surface area contributed by atoms with Gasteiger partial charge in [-0.05, 0) is 63.3 Å². The lowest BCUT2D eigenvalue weighted by Crippen LogP contribution is -2.49. The van der Waals surface area contributed by atoms with E-state index in [0.717, 1.165) is 30.4 Å². The van der Waals surface area contributed by atoms with Gasteiger partial charge in [0.2, 0.25) is 0 Å². The van der Waals surface area contributed by atoms with Crippen LogP contribution in [0.1, 0.15) is 44.7 Å². The molecule has 23 heavy (non-hydrogen) atoms. The first kappa shape index (κ1) is 16.1. The fourth-order valence-electron chi connectivity index (χ4n) is 3.46. The Labute approximate surface area is 137 Å². The highest BCUT2D eigenvalue weighted by Gasteiger charge is 2.42. The molecule has 0 bridgehead atoms. The molecule has 1 amide bonds. The fourth-order valence-corrected chi connectivity index (χ4v) is 3.46. The summed E-state index contributed by atoms with van der Waals surface area (Å²) in [6.07, 6.45) is 2.07. The number of likely N-dealkylation sites (tertiary alicyclic amines) is 1. The molecule has 0 saturated carbocycles. The maximum Gasteiger partial charge on any atom is 0.410 e. The van der Waals surface area contributed by atoms with Gasteiger partial charge in [-0.15, -0.1) is 0 Å². The number of aromatic hydroxyl groups is 1. The van der Waals surface area contributed by atoms with Gasteiger partial charge < -0.3 is 19.5 Å². The number of hydrogen-bond acceptors (Lipinski definition) is 4. The molecule has 2 aliphatic rings. The number of carbonyl (C=O) groups is 1. The lowest BCUT2D eigenvalue weighted by atomic mass is 9.79. The Morgan fingerprint density at radius 3 is 2.65 bits per heavy atom. The lowest BCUT2D eigenvalue weighted by molar-refractivity contribution is -0.0977. The number of hydrogen-bond donors (Lipinski definition) is 1. The van der Waals surface area contributed by atoms with Crippen molar-refractivity contribution in [2.45, 2.75) is 51.2 Å². The fraction of sp³-hybridized carbons (Fsp3) is 0.611. The summed E-state index contributed by atoms with van der Waals surface area (Å²) >= 11 is 0. The summed E-state index contributed by atoms with van der Waals surface area (Å²) < 4.78 is 11.6. The van der Waals surface area contributed by atoms with Crippen LogP contribution in [0.25, 0.3) is 0 Å². The van der Waals surface area contributed by atoms with Gasteiger partial charge >= 0.3 is 6.09 Å². The van der Waals surface area contributed by atoms with Crippen LogP contribution in [0.4, 0.5) is 4.79 Å². The van der Waals surface area contributed by atoms with E-state index in [2.05, 4.69) is 0 Å². The van der Waals surface area contributed by atoms with Crippen LogP contribution in [-0.2, 0) is 21.5 Å². The Hall–Kier alpha value is -1.75. The molecule has 0 unspecified atom stereocenters. The molecular formula is C18H25NO4. The second-order valence-corrected chi connectivity index (χ2v) is 7.40. The first-order valence-corrected chi connectivity index (χ1v) is 8.23. The van der Waals surface area contributed by atoms with Crippen molar-refractivity contribution < 1.29 is 19.4 Å². The van der Waals surface area contributed by atoms with Crippen molar-refractivity contribution >= 4 is 6.09 Å². The molecule has 0 aromatic heterocycles. The molecule has 1 aromatic carbocycles. The normalized spacial score (nSPS) is 20.2. The van der Waals surface area contributed by atoms with Crippen LogP contribution in [0.5, 0.6) is 5.75 Å². The van der Waals surface area contributed by atoms with E-state index in [1.165, 1.54) is 0 Å². The number of amides is 1. The van der Waals surface area contributed by atoms with Crippen LogP contribution in [-0.4, -0.2) is 41.4 Å². The Bertz CT molecular complexity index is 598. The van der Waals surface area contributed by atoms with E-state index in [9.17, 15) is 9.90 Å². The number of piperidine rings is 1. The molecule has 5 nitrogen and oxygen atoms in total. The van der Waals surface area contributed by atoms with Crippen LogP contribution in [0, 0.1) is 0 Å². The van der Waals surface area contributed by atoms with E-state index in [-0.39, 0.29) is 11.7 Å². The number of nitrogens with zero attached hydrogens (tertiary/aromatic N) is 1. The highest BCUT2D eigenvalue weighted by molar-refractivity contribution is 5.68. The van der Waals surface area contributed by atoms with Crippen LogP contribution >= 0.6 is 0 Å². The SMILES string of the molecule is CC(C)(C)OC(=O)N1CCC2(CC1)OCCc1cc(O)ccc12. The summed E-state index contributed by atoms with van der Waals surface area (Å²) in [7, 11) is 0. The van der Waals surface area contributed by atoms with Gasteiger partial charge in [0.25, 0.3) is 0 Å². The molecule has 1 N–H and O–H groups in total. The second-order valence-electron chi connectivity index (χ2n) is 7.40. The molecule has 0 radical (unpaired) electrons. The molecule has 2 heterocycles. The number of fused-ring (bicyclic) bond motifs is 2. The molecule has 126 valence electrons. The van der Waals surface area contributed by atoms with Gasteiger partial charge in [-0.3, -0.25) is 0 Å². The van der Waals surface area contributed by atoms with Crippen molar-refractivity contribution in [1.82, 2.24) is 4.90 Å². The third kappa shape index (κ3) is 3.29. The average molecular weight is 319 g/mol. The Morgan fingerprint density at radius 1 is 1.30 bits per heavy atom. The largest absolute Gasteiger partial charge is 0.508 e. The number of phenols is 1. The Morgan fingerprint density at radius 2 is 2.00 bits per heavy atom. The van der Waals surface area contributed by atoms with E-state index in [1.54, 1.807) is 11.0 Å². The zero-order valence-electron chi connectivity index (χ0n) is 14.1. The Balaban J connectivity index is 1.73. The number of carbonyl (C=O) groups excluding carboxylic acids is 1. The minimum Gasteiger partial charge on any atom is -0.508 e. The molecule has 1 saturated heterocycles. The first-order valence-electron chi connectivity index (χ1n) is 8.23. The monoisotopic (exact) mass is 319 g/mol. The predicted molar refractivity (Wildman–Crippen MR) is 86.5 cm³/mol. The van der Waals surface area contributed by atoms with Gasteiger partial charge in [-0.25, -0.2) is 4.79 Å². The minimum atomic E-state index is -0.475. The third-order valence-electron chi connectivity index (χ3n) is 4.55. The maximum absolute atomic E-state index is 12.2. The first-order chi connectivity index (χ1) is 10.8. The molecule has 2 aliphatic heterocycles. The zero-order valence-corrected chi connectivity index (χ0v) is 14.1. The summed E-state index contributed by atoms with van der Waals surface area (Å²) in [6.45, 7) is 7.53. The minimum absolute atomic E-state index is 0.255. The molecule has 5 heteroatoms. The predicted octanol–water partition coefficient (Wildman–Crippen LogP) is 3.19. The van der Waals surface area contributed by atoms with E-state index < -0.39 is 5.60 Å². The number of rotatable bonds is 0. The number of phenolic OH excluding ortho intramolecular Hbond substituents is 1. The summed E-state index contributed by atoms with van der Waals surface area (Å²) in [6, 6.07) is 5.52. The number of ether oxygens (including phenoxy) is 2. The van der Waals surface area contributed by atoms with Gasteiger partial charge in [0.15, 0.2) is 0 Å². The van der Waals surface area contributed by atoms with Crippen molar-refractivity contribution in [2.24, 2.45) is 0 Å². The summed E-state index contributed by atoms with van der Waals surface area (Å²) in [5, 5.41) is 9.69. The summed E-state index contributed by atoms with van der Waals surface area (Å²) in [5.41, 5.74) is 1.50. The van der Waals surface area contributed by atoms with Crippen molar-refractivity contribution in [3.05, 3.63) is 29.3 Å². The van der Waals surface area contributed by atoms with Crippen LogP contribution in [0.15, 0.2) is 18.2 Å². The van der Waals surface area contributed by atoms with Crippen LogP contribution in [0.3, 0.4) is 0 Å². The highest BCUT2D eigenvalue weighted by Crippen LogP contribution is 2.42. The summed E-state index contributed by atoms with van der Waals surface area (Å²) in [4.78, 5) is 14.0. The van der Waals surface area contributed by atoms with Gasteiger partial charge in [-0.2, -0.15) is 0 Å². The molecule has 0 aliphatic carbocycles. The van der Waals surface area contributed by atoms with Gasteiger partial charge in [0.1, 0.15) is 11.4 Å². The van der Waals surface area contributed by atoms with Crippen molar-refractivity contribution in [3.63, 3.8) is 0 Å². The van der Waals surface area contributed by atoms with E-state index >= 15 is 0 Å². The third-order valence-corrected chi connectivity index (χ3v) is 4.55. The quantitative estimate of drug-likeness (QED) is 0.798. The summed E-state index contributed by atoms with van der Waals surface area (Å²) in [5.74, 6) is 0.298. The maximum atomic E-state index is 12.2. The standard InChI is InChI=1S/C18H25NO4/c1-17(2,3)23-16(21)19-9-7-18(8-10-19)15-5-4-14(20)12-13(15)6-11-22-18/h4-5,12,20H,6-11H2,1-3H3. The van der Waals surface area contributed by atoms with Crippen molar-refractivity contribution in [1.29, 1.82) is 0 Å².